The normalized spacial score (nSPS) is 13.8. The molecule has 112 valence electrons. The lowest BCUT2D eigenvalue weighted by Gasteiger charge is -2.16. The van der Waals surface area contributed by atoms with Crippen LogP contribution in [0, 0.1) is 0 Å². The lowest BCUT2D eigenvalue weighted by molar-refractivity contribution is -0.119. The van der Waals surface area contributed by atoms with Gasteiger partial charge in [-0.05, 0) is 18.4 Å². The third-order valence-electron chi connectivity index (χ3n) is 3.27. The number of carbonyl (C=O) groups is 1. The van der Waals surface area contributed by atoms with E-state index in [0.29, 0.717) is 0 Å². The molecule has 5 nitrogen and oxygen atoms in total. The average molecular weight is 288 g/mol. The molecule has 2 aromatic rings. The van der Waals surface area contributed by atoms with Crippen molar-refractivity contribution in [3.05, 3.63) is 42.5 Å². The van der Waals surface area contributed by atoms with Crippen LogP contribution in [0.15, 0.2) is 42.5 Å². The number of hydrogen-bond acceptors (Lipinski definition) is 4. The molecule has 0 aliphatic carbocycles. The molecule has 0 radical (unpaired) electrons. The molecule has 21 heavy (non-hydrogen) atoms. The fourth-order valence-electron chi connectivity index (χ4n) is 1.98. The topological polar surface area (TPSA) is 84.6 Å². The number of fused-ring (bicyclic) bond motifs is 1. The summed E-state index contributed by atoms with van der Waals surface area (Å²) in [6.45, 7) is 2.04. The van der Waals surface area contributed by atoms with Crippen molar-refractivity contribution in [2.24, 2.45) is 5.73 Å². The molecule has 2 rings (SSSR count). The number of ether oxygens (including phenoxy) is 1. The maximum atomic E-state index is 10.9. The monoisotopic (exact) mass is 288 g/mol. The predicted octanol–water partition coefficient (Wildman–Crippen LogP) is 1.04. The highest BCUT2D eigenvalue weighted by atomic mass is 16.5. The van der Waals surface area contributed by atoms with Crippen LogP contribution in [0.2, 0.25) is 0 Å². The fourth-order valence-corrected chi connectivity index (χ4v) is 1.98. The van der Waals surface area contributed by atoms with E-state index >= 15 is 0 Å². The summed E-state index contributed by atoms with van der Waals surface area (Å²) in [5, 5.41) is 14.8. The molecule has 4 N–H and O–H groups in total. The van der Waals surface area contributed by atoms with Gasteiger partial charge in [0.1, 0.15) is 18.5 Å². The number of nitrogens with two attached hydrogens (primary N) is 1. The van der Waals surface area contributed by atoms with Gasteiger partial charge in [0, 0.05) is 11.9 Å². The highest BCUT2D eigenvalue weighted by Gasteiger charge is 2.12. The van der Waals surface area contributed by atoms with Crippen LogP contribution in [0.5, 0.6) is 5.75 Å². The molecule has 0 bridgehead atoms. The Morgan fingerprint density at radius 2 is 2.00 bits per heavy atom. The van der Waals surface area contributed by atoms with E-state index in [4.69, 9.17) is 10.5 Å². The molecular weight excluding hydrogens is 268 g/mol. The first-order valence-electron chi connectivity index (χ1n) is 6.89. The number of aliphatic hydroxyl groups excluding tert-OH is 1. The highest BCUT2D eigenvalue weighted by Crippen LogP contribution is 2.25. The molecule has 0 spiro atoms. The number of primary amides is 1. The Labute approximate surface area is 123 Å². The van der Waals surface area contributed by atoms with E-state index in [1.54, 1.807) is 6.92 Å². The quantitative estimate of drug-likeness (QED) is 0.711. The zero-order valence-electron chi connectivity index (χ0n) is 12.0. The van der Waals surface area contributed by atoms with Crippen LogP contribution in [0.3, 0.4) is 0 Å². The van der Waals surface area contributed by atoms with Crippen LogP contribution in [0.4, 0.5) is 0 Å². The van der Waals surface area contributed by atoms with Crippen molar-refractivity contribution in [1.29, 1.82) is 0 Å². The van der Waals surface area contributed by atoms with E-state index in [0.717, 1.165) is 16.5 Å². The molecule has 2 atom stereocenters. The van der Waals surface area contributed by atoms with Gasteiger partial charge in [-0.3, -0.25) is 4.79 Å². The summed E-state index contributed by atoms with van der Waals surface area (Å²) in [7, 11) is 0. The van der Waals surface area contributed by atoms with Gasteiger partial charge in [-0.25, -0.2) is 0 Å². The van der Waals surface area contributed by atoms with Crippen molar-refractivity contribution < 1.29 is 14.6 Å². The minimum absolute atomic E-state index is 0.145. The zero-order chi connectivity index (χ0) is 15.2. The molecule has 5 heteroatoms. The van der Waals surface area contributed by atoms with Crippen LogP contribution in [-0.2, 0) is 4.79 Å². The molecule has 0 fully saturated rings. The lowest BCUT2D eigenvalue weighted by Crippen LogP contribution is -2.43. The molecule has 1 amide bonds. The lowest BCUT2D eigenvalue weighted by atomic mass is 10.1. The van der Waals surface area contributed by atoms with Gasteiger partial charge in [0.25, 0.3) is 0 Å². The van der Waals surface area contributed by atoms with Gasteiger partial charge in [-0.2, -0.15) is 0 Å². The van der Waals surface area contributed by atoms with Crippen LogP contribution < -0.4 is 15.8 Å². The number of hydrogen-bond donors (Lipinski definition) is 3. The van der Waals surface area contributed by atoms with Crippen molar-refractivity contribution in [2.45, 2.75) is 19.1 Å². The van der Waals surface area contributed by atoms with E-state index in [-0.39, 0.29) is 13.2 Å². The van der Waals surface area contributed by atoms with Gasteiger partial charge in [0.2, 0.25) is 5.91 Å². The molecule has 0 aromatic heterocycles. The number of aliphatic hydroxyl groups is 1. The van der Waals surface area contributed by atoms with Gasteiger partial charge < -0.3 is 20.9 Å². The van der Waals surface area contributed by atoms with E-state index in [9.17, 15) is 9.90 Å². The molecule has 0 saturated heterocycles. The largest absolute Gasteiger partial charge is 0.490 e. The summed E-state index contributed by atoms with van der Waals surface area (Å²) >= 11 is 0. The van der Waals surface area contributed by atoms with E-state index in [2.05, 4.69) is 5.32 Å². The first-order chi connectivity index (χ1) is 10.1. The maximum Gasteiger partial charge on any atom is 0.234 e. The molecule has 2 aromatic carbocycles. The van der Waals surface area contributed by atoms with E-state index in [1.165, 1.54) is 0 Å². The molecule has 0 saturated carbocycles. The second-order valence-corrected chi connectivity index (χ2v) is 4.97. The maximum absolute atomic E-state index is 10.9. The third-order valence-corrected chi connectivity index (χ3v) is 3.27. The molecule has 0 aliphatic rings. The van der Waals surface area contributed by atoms with Crippen molar-refractivity contribution in [3.8, 4) is 5.75 Å². The standard InChI is InChI=1S/C16H20N2O3/c1-11(16(17)20)18-9-13(19)10-21-15-8-4-6-12-5-2-3-7-14(12)15/h2-8,11,13,18-19H,9-10H2,1H3,(H2,17,20)/t11-,13-/m1/s1. The Morgan fingerprint density at radius 1 is 1.29 bits per heavy atom. The average Bonchev–Trinajstić information content (AvgIpc) is 2.50. The molecule has 0 aliphatic heterocycles. The van der Waals surface area contributed by atoms with Crippen molar-refractivity contribution >= 4 is 16.7 Å². The number of rotatable bonds is 7. The molecule has 0 unspecified atom stereocenters. The van der Waals surface area contributed by atoms with Crippen molar-refractivity contribution in [2.75, 3.05) is 13.2 Å². The Balaban J connectivity index is 1.91. The first-order valence-corrected chi connectivity index (χ1v) is 6.89. The van der Waals surface area contributed by atoms with Gasteiger partial charge >= 0.3 is 0 Å². The smallest absolute Gasteiger partial charge is 0.234 e. The van der Waals surface area contributed by atoms with Gasteiger partial charge in [0.05, 0.1) is 6.04 Å². The van der Waals surface area contributed by atoms with Gasteiger partial charge in [-0.1, -0.05) is 36.4 Å². The minimum Gasteiger partial charge on any atom is -0.490 e. The van der Waals surface area contributed by atoms with Crippen LogP contribution >= 0.6 is 0 Å². The number of benzene rings is 2. The number of carbonyl (C=O) groups excluding carboxylic acids is 1. The second-order valence-electron chi connectivity index (χ2n) is 4.97. The van der Waals surface area contributed by atoms with Crippen LogP contribution in [0.1, 0.15) is 6.92 Å². The summed E-state index contributed by atoms with van der Waals surface area (Å²) in [6.07, 6.45) is -0.717. The van der Waals surface area contributed by atoms with Crippen molar-refractivity contribution in [1.82, 2.24) is 5.32 Å². The Morgan fingerprint density at radius 3 is 2.76 bits per heavy atom. The van der Waals surface area contributed by atoms with E-state index < -0.39 is 18.1 Å². The Kier molecular flexibility index (Phi) is 5.14. The minimum atomic E-state index is -0.717. The van der Waals surface area contributed by atoms with Crippen LogP contribution in [-0.4, -0.2) is 36.3 Å². The Bertz CT molecular complexity index is 610. The zero-order valence-corrected chi connectivity index (χ0v) is 12.0. The summed E-state index contributed by atoms with van der Waals surface area (Å²) in [5.41, 5.74) is 5.14. The number of amides is 1. The molecular formula is C16H20N2O3. The SMILES string of the molecule is C[C@@H](NC[C@@H](O)COc1cccc2ccccc12)C(N)=O. The molecule has 0 heterocycles. The first kappa shape index (κ1) is 15.3. The summed E-state index contributed by atoms with van der Waals surface area (Å²) in [5.74, 6) is 0.285. The second kappa shape index (κ2) is 7.06. The van der Waals surface area contributed by atoms with Gasteiger partial charge in [-0.15, -0.1) is 0 Å². The predicted molar refractivity (Wildman–Crippen MR) is 82.1 cm³/mol. The number of nitrogens with one attached hydrogen (secondary N) is 1. The van der Waals surface area contributed by atoms with Crippen molar-refractivity contribution in [3.63, 3.8) is 0 Å². The Hall–Kier alpha value is -2.11. The highest BCUT2D eigenvalue weighted by molar-refractivity contribution is 5.88. The summed E-state index contributed by atoms with van der Waals surface area (Å²) in [6, 6.07) is 13.2. The fraction of sp³-hybridized carbons (Fsp3) is 0.312. The summed E-state index contributed by atoms with van der Waals surface area (Å²) in [4.78, 5) is 10.9. The van der Waals surface area contributed by atoms with E-state index in [1.807, 2.05) is 42.5 Å². The third kappa shape index (κ3) is 4.18. The van der Waals surface area contributed by atoms with Gasteiger partial charge in [0.15, 0.2) is 0 Å². The van der Waals surface area contributed by atoms with Crippen LogP contribution in [0.25, 0.3) is 10.8 Å². The summed E-state index contributed by atoms with van der Waals surface area (Å²) < 4.78 is 5.67.